The van der Waals surface area contributed by atoms with E-state index in [-0.39, 0.29) is 11.6 Å². The predicted octanol–water partition coefficient (Wildman–Crippen LogP) is 4.58. The summed E-state index contributed by atoms with van der Waals surface area (Å²) in [5.41, 5.74) is 2.46. The second-order valence-corrected chi connectivity index (χ2v) is 5.47. The molecule has 2 aromatic rings. The van der Waals surface area contributed by atoms with E-state index in [1.165, 1.54) is 6.07 Å². The molecule has 1 amide bonds. The highest BCUT2D eigenvalue weighted by Crippen LogP contribution is 2.26. The number of carbonyl (C=O) groups excluding carboxylic acids is 1. The lowest BCUT2D eigenvalue weighted by Crippen LogP contribution is -2.15. The van der Waals surface area contributed by atoms with Gasteiger partial charge in [0.05, 0.1) is 5.69 Å². The number of amides is 1. The van der Waals surface area contributed by atoms with Crippen molar-refractivity contribution in [2.45, 2.75) is 13.8 Å². The first-order chi connectivity index (χ1) is 10.0. The van der Waals surface area contributed by atoms with Gasteiger partial charge in [-0.05, 0) is 65.7 Å². The Labute approximate surface area is 131 Å². The quantitative estimate of drug-likeness (QED) is 0.847. The van der Waals surface area contributed by atoms with Gasteiger partial charge in [-0.3, -0.25) is 4.79 Å². The van der Waals surface area contributed by atoms with Gasteiger partial charge in [0.1, 0.15) is 5.82 Å². The molecule has 0 spiro atoms. The summed E-state index contributed by atoms with van der Waals surface area (Å²) in [5, 5.41) is 5.79. The zero-order valence-electron chi connectivity index (χ0n) is 11.8. The molecular formula is C16H16BrFN2O. The van der Waals surface area contributed by atoms with Gasteiger partial charge in [-0.2, -0.15) is 0 Å². The SMILES string of the molecule is CCNc1ccc(C(=O)Nc2c(F)cccc2Br)c(C)c1. The highest BCUT2D eigenvalue weighted by molar-refractivity contribution is 9.10. The first-order valence-corrected chi connectivity index (χ1v) is 7.42. The maximum Gasteiger partial charge on any atom is 0.256 e. The minimum Gasteiger partial charge on any atom is -0.385 e. The van der Waals surface area contributed by atoms with Crippen LogP contribution in [-0.2, 0) is 0 Å². The summed E-state index contributed by atoms with van der Waals surface area (Å²) in [5.74, 6) is -0.805. The Morgan fingerprint density at radius 1 is 1.29 bits per heavy atom. The monoisotopic (exact) mass is 350 g/mol. The molecule has 21 heavy (non-hydrogen) atoms. The summed E-state index contributed by atoms with van der Waals surface area (Å²) < 4.78 is 14.2. The number of aryl methyl sites for hydroxylation is 1. The molecule has 0 saturated carbocycles. The minimum atomic E-state index is -0.473. The van der Waals surface area contributed by atoms with Gasteiger partial charge in [0.25, 0.3) is 5.91 Å². The van der Waals surface area contributed by atoms with Gasteiger partial charge in [-0.1, -0.05) is 6.07 Å². The second-order valence-electron chi connectivity index (χ2n) is 4.61. The van der Waals surface area contributed by atoms with E-state index in [0.717, 1.165) is 17.8 Å². The van der Waals surface area contributed by atoms with Crippen molar-refractivity contribution >= 4 is 33.2 Å². The molecular weight excluding hydrogens is 335 g/mol. The van der Waals surface area contributed by atoms with Crippen LogP contribution in [0.4, 0.5) is 15.8 Å². The number of para-hydroxylation sites is 1. The number of hydrogen-bond acceptors (Lipinski definition) is 2. The van der Waals surface area contributed by atoms with Crippen LogP contribution in [0, 0.1) is 12.7 Å². The van der Waals surface area contributed by atoms with Crippen molar-refractivity contribution in [3.63, 3.8) is 0 Å². The Morgan fingerprint density at radius 3 is 2.67 bits per heavy atom. The summed E-state index contributed by atoms with van der Waals surface area (Å²) in [7, 11) is 0. The van der Waals surface area contributed by atoms with Crippen LogP contribution in [0.1, 0.15) is 22.8 Å². The predicted molar refractivity (Wildman–Crippen MR) is 87.4 cm³/mol. The molecule has 0 aliphatic carbocycles. The summed E-state index contributed by atoms with van der Waals surface area (Å²) in [6.45, 7) is 4.67. The van der Waals surface area contributed by atoms with E-state index in [1.54, 1.807) is 18.2 Å². The maximum atomic E-state index is 13.7. The van der Waals surface area contributed by atoms with E-state index in [9.17, 15) is 9.18 Å². The molecule has 0 aliphatic rings. The van der Waals surface area contributed by atoms with Crippen molar-refractivity contribution in [1.82, 2.24) is 0 Å². The van der Waals surface area contributed by atoms with Crippen LogP contribution in [-0.4, -0.2) is 12.5 Å². The van der Waals surface area contributed by atoms with Gasteiger partial charge in [-0.25, -0.2) is 4.39 Å². The van der Waals surface area contributed by atoms with Crippen molar-refractivity contribution in [3.8, 4) is 0 Å². The number of benzene rings is 2. The van der Waals surface area contributed by atoms with Crippen LogP contribution >= 0.6 is 15.9 Å². The number of hydrogen-bond donors (Lipinski definition) is 2. The average molecular weight is 351 g/mol. The molecule has 0 aromatic heterocycles. The molecule has 0 heterocycles. The molecule has 110 valence electrons. The molecule has 0 bridgehead atoms. The van der Waals surface area contributed by atoms with E-state index < -0.39 is 5.82 Å². The first kappa shape index (κ1) is 15.5. The van der Waals surface area contributed by atoms with Gasteiger partial charge < -0.3 is 10.6 Å². The van der Waals surface area contributed by atoms with Crippen LogP contribution in [0.5, 0.6) is 0 Å². The van der Waals surface area contributed by atoms with E-state index in [1.807, 2.05) is 26.0 Å². The van der Waals surface area contributed by atoms with E-state index in [0.29, 0.717) is 10.0 Å². The Kier molecular flexibility index (Phi) is 4.96. The summed E-state index contributed by atoms with van der Waals surface area (Å²) in [6, 6.07) is 10.0. The minimum absolute atomic E-state index is 0.151. The topological polar surface area (TPSA) is 41.1 Å². The fourth-order valence-electron chi connectivity index (χ4n) is 2.03. The van der Waals surface area contributed by atoms with Gasteiger partial charge in [0, 0.05) is 22.3 Å². The second kappa shape index (κ2) is 6.72. The molecule has 2 N–H and O–H groups in total. The van der Waals surface area contributed by atoms with Gasteiger partial charge in [-0.15, -0.1) is 0 Å². The number of halogens is 2. The average Bonchev–Trinajstić information content (AvgIpc) is 2.43. The molecule has 0 fully saturated rings. The normalized spacial score (nSPS) is 10.3. The maximum absolute atomic E-state index is 13.7. The lowest BCUT2D eigenvalue weighted by Gasteiger charge is -2.11. The van der Waals surface area contributed by atoms with E-state index >= 15 is 0 Å². The van der Waals surface area contributed by atoms with Gasteiger partial charge >= 0.3 is 0 Å². The molecule has 5 heteroatoms. The van der Waals surface area contributed by atoms with Crippen molar-refractivity contribution in [1.29, 1.82) is 0 Å². The largest absolute Gasteiger partial charge is 0.385 e. The highest BCUT2D eigenvalue weighted by Gasteiger charge is 2.14. The Bertz CT molecular complexity index is 653. The fraction of sp³-hybridized carbons (Fsp3) is 0.188. The zero-order chi connectivity index (χ0) is 15.4. The third-order valence-corrected chi connectivity index (χ3v) is 3.71. The van der Waals surface area contributed by atoms with Crippen molar-refractivity contribution in [2.24, 2.45) is 0 Å². The molecule has 0 radical (unpaired) electrons. The van der Waals surface area contributed by atoms with Gasteiger partial charge in [0.2, 0.25) is 0 Å². The molecule has 2 aromatic carbocycles. The van der Waals surface area contributed by atoms with E-state index in [4.69, 9.17) is 0 Å². The van der Waals surface area contributed by atoms with Gasteiger partial charge in [0.15, 0.2) is 0 Å². The third-order valence-electron chi connectivity index (χ3n) is 3.05. The zero-order valence-corrected chi connectivity index (χ0v) is 13.4. The van der Waals surface area contributed by atoms with Crippen LogP contribution in [0.2, 0.25) is 0 Å². The molecule has 2 rings (SSSR count). The molecule has 0 unspecified atom stereocenters. The molecule has 0 atom stereocenters. The van der Waals surface area contributed by atoms with Crippen LogP contribution < -0.4 is 10.6 Å². The fourth-order valence-corrected chi connectivity index (χ4v) is 2.47. The van der Waals surface area contributed by atoms with Crippen LogP contribution in [0.25, 0.3) is 0 Å². The van der Waals surface area contributed by atoms with Crippen molar-refractivity contribution < 1.29 is 9.18 Å². The highest BCUT2D eigenvalue weighted by atomic mass is 79.9. The third kappa shape index (κ3) is 3.61. The smallest absolute Gasteiger partial charge is 0.256 e. The summed E-state index contributed by atoms with van der Waals surface area (Å²) in [4.78, 5) is 12.3. The number of nitrogens with one attached hydrogen (secondary N) is 2. The molecule has 0 saturated heterocycles. The number of anilines is 2. The van der Waals surface area contributed by atoms with Crippen molar-refractivity contribution in [3.05, 3.63) is 57.8 Å². The standard InChI is InChI=1S/C16H16BrFN2O/c1-3-19-11-7-8-12(10(2)9-11)16(21)20-15-13(17)5-4-6-14(15)18/h4-9,19H,3H2,1-2H3,(H,20,21). The lowest BCUT2D eigenvalue weighted by atomic mass is 10.1. The summed E-state index contributed by atoms with van der Waals surface area (Å²) in [6.07, 6.45) is 0. The van der Waals surface area contributed by atoms with E-state index in [2.05, 4.69) is 26.6 Å². The number of carbonyl (C=O) groups is 1. The van der Waals surface area contributed by atoms with Crippen LogP contribution in [0.15, 0.2) is 40.9 Å². The Hall–Kier alpha value is -1.88. The number of rotatable bonds is 4. The van der Waals surface area contributed by atoms with Crippen molar-refractivity contribution in [2.75, 3.05) is 17.2 Å². The van der Waals surface area contributed by atoms with Crippen LogP contribution in [0.3, 0.4) is 0 Å². The Balaban J connectivity index is 2.25. The lowest BCUT2D eigenvalue weighted by molar-refractivity contribution is 0.102. The Morgan fingerprint density at radius 2 is 2.05 bits per heavy atom. The molecule has 0 aliphatic heterocycles. The first-order valence-electron chi connectivity index (χ1n) is 6.62. The molecule has 3 nitrogen and oxygen atoms in total. The summed E-state index contributed by atoms with van der Waals surface area (Å²) >= 11 is 3.23.